The Kier molecular flexibility index (Phi) is 9.39. The van der Waals surface area contributed by atoms with E-state index in [1.807, 2.05) is 13.0 Å². The second-order valence-corrected chi connectivity index (χ2v) is 7.02. The lowest BCUT2D eigenvalue weighted by atomic mass is 9.97. The van der Waals surface area contributed by atoms with Crippen LogP contribution in [-0.4, -0.2) is 23.9 Å². The van der Waals surface area contributed by atoms with E-state index in [-0.39, 0.29) is 19.1 Å². The van der Waals surface area contributed by atoms with E-state index >= 15 is 0 Å². The maximum atomic E-state index is 12.0. The van der Waals surface area contributed by atoms with Gasteiger partial charge in [-0.2, -0.15) is 0 Å². The number of hydrogen-bond acceptors (Lipinski definition) is 5. The van der Waals surface area contributed by atoms with E-state index in [4.69, 9.17) is 13.6 Å². The van der Waals surface area contributed by atoms with Gasteiger partial charge in [0.05, 0.1) is 25.1 Å². The van der Waals surface area contributed by atoms with Crippen LogP contribution in [0, 0.1) is 5.92 Å². The van der Waals surface area contributed by atoms with Gasteiger partial charge in [0.1, 0.15) is 0 Å². The summed E-state index contributed by atoms with van der Waals surface area (Å²) in [7, 11) is -3.45. The zero-order valence-corrected chi connectivity index (χ0v) is 14.2. The van der Waals surface area contributed by atoms with Crippen LogP contribution in [-0.2, 0) is 18.1 Å². The summed E-state index contributed by atoms with van der Waals surface area (Å²) < 4.78 is 27.1. The minimum atomic E-state index is -3.45. The van der Waals surface area contributed by atoms with Crippen molar-refractivity contribution in [3.63, 3.8) is 0 Å². The Labute approximate surface area is 122 Å². The molecule has 5 nitrogen and oxygen atoms in total. The molecule has 20 heavy (non-hydrogen) atoms. The van der Waals surface area contributed by atoms with Crippen molar-refractivity contribution in [1.82, 2.24) is 0 Å². The predicted octanol–water partition coefficient (Wildman–Crippen LogP) is 4.28. The molecule has 0 aromatic rings. The molecule has 0 aromatic carbocycles. The van der Waals surface area contributed by atoms with Gasteiger partial charge in [0.15, 0.2) is 0 Å². The van der Waals surface area contributed by atoms with Crippen LogP contribution in [0.2, 0.25) is 0 Å². The Bertz CT molecular complexity index is 312. The number of hydrogen-bond donors (Lipinski definition) is 1. The molecule has 0 fully saturated rings. The summed E-state index contributed by atoms with van der Waals surface area (Å²) in [5.41, 5.74) is -0.625. The lowest BCUT2D eigenvalue weighted by molar-refractivity contribution is 0.0675. The molecule has 120 valence electrons. The molecule has 0 amide bonds. The lowest BCUT2D eigenvalue weighted by Crippen LogP contribution is -2.18. The van der Waals surface area contributed by atoms with E-state index < -0.39 is 13.4 Å². The minimum absolute atomic E-state index is 0.270. The molecule has 0 heterocycles. The van der Waals surface area contributed by atoms with E-state index in [0.29, 0.717) is 0 Å². The Balaban J connectivity index is 4.11. The monoisotopic (exact) mass is 308 g/mol. The first-order chi connectivity index (χ1) is 9.22. The van der Waals surface area contributed by atoms with E-state index in [1.165, 1.54) is 6.26 Å². The molecule has 0 aliphatic rings. The first-order valence-corrected chi connectivity index (χ1v) is 8.65. The van der Waals surface area contributed by atoms with Gasteiger partial charge >= 0.3 is 7.82 Å². The van der Waals surface area contributed by atoms with Crippen LogP contribution >= 0.6 is 7.82 Å². The topological polar surface area (TPSA) is 65.0 Å². The summed E-state index contributed by atoms with van der Waals surface area (Å²) in [4.78, 5) is 0. The summed E-state index contributed by atoms with van der Waals surface area (Å²) in [6, 6.07) is 0. The highest BCUT2D eigenvalue weighted by Gasteiger charge is 2.25. The van der Waals surface area contributed by atoms with Crippen LogP contribution in [0.4, 0.5) is 0 Å². The second-order valence-electron chi connectivity index (χ2n) is 5.40. The molecule has 6 heteroatoms. The highest BCUT2D eigenvalue weighted by molar-refractivity contribution is 7.48. The molecule has 0 saturated carbocycles. The van der Waals surface area contributed by atoms with Gasteiger partial charge in [-0.15, -0.1) is 0 Å². The van der Waals surface area contributed by atoms with Crippen molar-refractivity contribution in [2.45, 2.75) is 59.5 Å². The number of phosphoric acid groups is 1. The third-order valence-electron chi connectivity index (χ3n) is 2.62. The zero-order valence-electron chi connectivity index (χ0n) is 13.3. The second kappa shape index (κ2) is 9.56. The molecule has 0 aliphatic carbocycles. The fourth-order valence-corrected chi connectivity index (χ4v) is 2.66. The molecule has 0 bridgehead atoms. The van der Waals surface area contributed by atoms with Gasteiger partial charge < -0.3 is 9.63 Å². The molecular formula is C14H29O5P. The third-order valence-corrected chi connectivity index (χ3v) is 4.15. The van der Waals surface area contributed by atoms with E-state index in [0.717, 1.165) is 19.3 Å². The molecule has 0 spiro atoms. The normalized spacial score (nSPS) is 14.7. The van der Waals surface area contributed by atoms with Crippen molar-refractivity contribution >= 4 is 7.82 Å². The van der Waals surface area contributed by atoms with Crippen LogP contribution in [0.5, 0.6) is 0 Å². The highest BCUT2D eigenvalue weighted by Crippen LogP contribution is 2.49. The third kappa shape index (κ3) is 10.4. The van der Waals surface area contributed by atoms with Crippen molar-refractivity contribution in [3.8, 4) is 0 Å². The summed E-state index contributed by atoms with van der Waals surface area (Å²) >= 11 is 0. The molecule has 0 saturated heterocycles. The Morgan fingerprint density at radius 3 is 2.25 bits per heavy atom. The largest absolute Gasteiger partial charge is 0.529 e. The molecule has 1 atom stereocenters. The van der Waals surface area contributed by atoms with Crippen LogP contribution < -0.4 is 0 Å². The summed E-state index contributed by atoms with van der Waals surface area (Å²) in [6.45, 7) is 9.65. The summed E-state index contributed by atoms with van der Waals surface area (Å²) in [6.07, 6.45) is 5.82. The number of phosphoric ester groups is 1. The average Bonchev–Trinajstić information content (AvgIpc) is 2.27. The molecule has 0 radical (unpaired) electrons. The van der Waals surface area contributed by atoms with E-state index in [2.05, 4.69) is 0 Å². The van der Waals surface area contributed by atoms with Gasteiger partial charge in [0.2, 0.25) is 0 Å². The number of aliphatic hydroxyl groups is 1. The summed E-state index contributed by atoms with van der Waals surface area (Å²) in [5, 5.41) is 9.62. The van der Waals surface area contributed by atoms with Gasteiger partial charge in [-0.05, 0) is 52.5 Å². The number of allylic oxidation sites excluding steroid dienone is 1. The number of rotatable bonds is 11. The Morgan fingerprint density at radius 2 is 1.80 bits per heavy atom. The van der Waals surface area contributed by atoms with Gasteiger partial charge in [-0.25, -0.2) is 4.57 Å². The highest BCUT2D eigenvalue weighted by atomic mass is 31.2. The van der Waals surface area contributed by atoms with Crippen molar-refractivity contribution in [3.05, 3.63) is 12.3 Å². The maximum Gasteiger partial charge on any atom is 0.529 e. The zero-order chi connectivity index (χ0) is 15.6. The SMILES string of the molecule is CCOP(=O)(OC=CC(C)CCCC(C)(C)O)OCC. The smallest absolute Gasteiger partial charge is 0.412 e. The minimum Gasteiger partial charge on any atom is -0.412 e. The summed E-state index contributed by atoms with van der Waals surface area (Å²) in [5.74, 6) is 0.272. The standard InChI is InChI=1S/C14H29O5P/c1-6-17-20(16,18-7-2)19-12-10-13(3)9-8-11-14(4,5)15/h10,12-13,15H,6-9,11H2,1-5H3. The van der Waals surface area contributed by atoms with Gasteiger partial charge in [0, 0.05) is 0 Å². The van der Waals surface area contributed by atoms with Crippen molar-refractivity contribution in [2.24, 2.45) is 5.92 Å². The van der Waals surface area contributed by atoms with E-state index in [9.17, 15) is 9.67 Å². The fraction of sp³-hybridized carbons (Fsp3) is 0.857. The lowest BCUT2D eigenvalue weighted by Gasteiger charge is -2.17. The van der Waals surface area contributed by atoms with Crippen molar-refractivity contribution in [2.75, 3.05) is 13.2 Å². The maximum absolute atomic E-state index is 12.0. The van der Waals surface area contributed by atoms with Crippen LogP contribution in [0.25, 0.3) is 0 Å². The molecule has 1 unspecified atom stereocenters. The molecule has 0 aliphatic heterocycles. The first-order valence-electron chi connectivity index (χ1n) is 7.19. The van der Waals surface area contributed by atoms with Gasteiger partial charge in [-0.1, -0.05) is 13.3 Å². The van der Waals surface area contributed by atoms with Gasteiger partial charge in [0.25, 0.3) is 0 Å². The average molecular weight is 308 g/mol. The van der Waals surface area contributed by atoms with Crippen LogP contribution in [0.3, 0.4) is 0 Å². The fourth-order valence-electron chi connectivity index (χ4n) is 1.61. The van der Waals surface area contributed by atoms with Gasteiger partial charge in [-0.3, -0.25) is 9.05 Å². The van der Waals surface area contributed by atoms with Crippen molar-refractivity contribution in [1.29, 1.82) is 0 Å². The van der Waals surface area contributed by atoms with Crippen molar-refractivity contribution < 1.29 is 23.2 Å². The van der Waals surface area contributed by atoms with Crippen LogP contribution in [0.1, 0.15) is 53.9 Å². The molecule has 1 N–H and O–H groups in total. The Hall–Kier alpha value is -0.350. The first kappa shape index (κ1) is 19.7. The predicted molar refractivity (Wildman–Crippen MR) is 80.4 cm³/mol. The quantitative estimate of drug-likeness (QED) is 0.456. The molecule has 0 aromatic heterocycles. The van der Waals surface area contributed by atoms with E-state index in [1.54, 1.807) is 27.7 Å². The van der Waals surface area contributed by atoms with Crippen LogP contribution in [0.15, 0.2) is 12.3 Å². The molecular weight excluding hydrogens is 279 g/mol. The molecule has 0 rings (SSSR count). The Morgan fingerprint density at radius 1 is 1.25 bits per heavy atom.